The van der Waals surface area contributed by atoms with Crippen LogP contribution >= 0.6 is 0 Å². The lowest BCUT2D eigenvalue weighted by Gasteiger charge is -2.13. The van der Waals surface area contributed by atoms with E-state index in [1.807, 2.05) is 24.3 Å². The van der Waals surface area contributed by atoms with Gasteiger partial charge in [-0.3, -0.25) is 9.00 Å². The van der Waals surface area contributed by atoms with Crippen LogP contribution in [-0.2, 0) is 30.8 Å². The molecule has 1 amide bonds. The summed E-state index contributed by atoms with van der Waals surface area (Å²) in [5.41, 5.74) is 1.36. The third-order valence-corrected chi connectivity index (χ3v) is 4.99. The van der Waals surface area contributed by atoms with Gasteiger partial charge in [-0.2, -0.15) is 0 Å². The first-order valence-electron chi connectivity index (χ1n) is 8.24. The van der Waals surface area contributed by atoms with Crippen LogP contribution in [0.5, 0.6) is 5.75 Å². The number of carbonyl (C=O) groups excluding carboxylic acids is 1. The van der Waals surface area contributed by atoms with Crippen molar-refractivity contribution < 1.29 is 27.6 Å². The second kappa shape index (κ2) is 10.2. The minimum atomic E-state index is -1.41. The normalized spacial score (nSPS) is 12.2. The van der Waals surface area contributed by atoms with Crippen LogP contribution in [0.25, 0.3) is 11.5 Å². The van der Waals surface area contributed by atoms with Gasteiger partial charge in [-0.15, -0.1) is 0 Å². The number of ether oxygens (including phenoxy) is 3. The average Bonchev–Trinajstić information content (AvgIpc) is 3.03. The first-order valence-corrected chi connectivity index (χ1v) is 9.73. The van der Waals surface area contributed by atoms with Crippen LogP contribution in [0.4, 0.5) is 0 Å². The number of aromatic nitrogens is 1. The van der Waals surface area contributed by atoms with Crippen molar-refractivity contribution in [1.82, 2.24) is 10.3 Å². The molecule has 0 aliphatic carbocycles. The number of rotatable bonds is 10. The van der Waals surface area contributed by atoms with E-state index in [0.29, 0.717) is 17.3 Å². The fraction of sp³-hybridized carbons (Fsp3) is 0.444. The van der Waals surface area contributed by atoms with E-state index in [4.69, 9.17) is 18.6 Å². The van der Waals surface area contributed by atoms with Crippen molar-refractivity contribution in [3.63, 3.8) is 0 Å². The molecule has 1 atom stereocenters. The molecule has 0 saturated heterocycles. The molecule has 0 saturated carbocycles. The van der Waals surface area contributed by atoms with Gasteiger partial charge in [0.15, 0.2) is 6.29 Å². The van der Waals surface area contributed by atoms with E-state index in [1.54, 1.807) is 14.0 Å². The molecule has 2 aromatic rings. The second-order valence-corrected chi connectivity index (χ2v) is 7.14. The molecule has 2 rings (SSSR count). The number of nitrogens with zero attached hydrogens (tertiary/aromatic N) is 1. The van der Waals surface area contributed by atoms with E-state index in [-0.39, 0.29) is 24.0 Å². The highest BCUT2D eigenvalue weighted by atomic mass is 32.2. The van der Waals surface area contributed by atoms with Crippen molar-refractivity contribution in [3.05, 3.63) is 35.7 Å². The molecule has 0 unspecified atom stereocenters. The van der Waals surface area contributed by atoms with Crippen LogP contribution in [0.15, 0.2) is 28.7 Å². The second-order valence-electron chi connectivity index (χ2n) is 5.68. The first kappa shape index (κ1) is 21.1. The molecule has 1 N–H and O–H groups in total. The van der Waals surface area contributed by atoms with Crippen LogP contribution in [-0.4, -0.2) is 55.0 Å². The van der Waals surface area contributed by atoms with Gasteiger partial charge in [0.05, 0.1) is 25.1 Å². The van der Waals surface area contributed by atoms with Gasteiger partial charge in [-0.05, 0) is 31.2 Å². The Balaban J connectivity index is 1.93. The summed E-state index contributed by atoms with van der Waals surface area (Å²) in [4.78, 5) is 16.3. The lowest BCUT2D eigenvalue weighted by molar-refractivity contribution is -0.125. The smallest absolute Gasteiger partial charge is 0.232 e. The van der Waals surface area contributed by atoms with Gasteiger partial charge < -0.3 is 23.9 Å². The predicted octanol–water partition coefficient (Wildman–Crippen LogP) is 1.64. The Bertz CT molecular complexity index is 771. The molecule has 9 heteroatoms. The zero-order valence-corrected chi connectivity index (χ0v) is 16.6. The van der Waals surface area contributed by atoms with Crippen molar-refractivity contribution in [1.29, 1.82) is 0 Å². The molecule has 27 heavy (non-hydrogen) atoms. The number of hydrogen-bond acceptors (Lipinski definition) is 7. The quantitative estimate of drug-likeness (QED) is 0.610. The van der Waals surface area contributed by atoms with Gasteiger partial charge in [-0.1, -0.05) is 0 Å². The number of amides is 1. The maximum atomic E-state index is 12.3. The number of methoxy groups -OCH3 is 3. The van der Waals surface area contributed by atoms with Crippen LogP contribution in [0, 0.1) is 6.92 Å². The minimum absolute atomic E-state index is 0.135. The fourth-order valence-electron chi connectivity index (χ4n) is 2.28. The van der Waals surface area contributed by atoms with Crippen LogP contribution in [0.1, 0.15) is 11.5 Å². The summed E-state index contributed by atoms with van der Waals surface area (Å²) < 4.78 is 33.0. The molecule has 1 heterocycles. The maximum absolute atomic E-state index is 12.3. The summed E-state index contributed by atoms with van der Waals surface area (Å²) in [6.07, 6.45) is -0.535. The van der Waals surface area contributed by atoms with E-state index < -0.39 is 17.1 Å². The molecule has 8 nitrogen and oxygen atoms in total. The number of aryl methyl sites for hydroxylation is 1. The summed E-state index contributed by atoms with van der Waals surface area (Å²) in [6.45, 7) is 1.95. The Labute approximate surface area is 160 Å². The summed E-state index contributed by atoms with van der Waals surface area (Å²) in [5, 5.41) is 2.62. The SMILES string of the molecule is COc1ccc(-c2nc(C[S@@](=O)CC(=O)NCC(OC)OC)c(C)o2)cc1. The van der Waals surface area contributed by atoms with E-state index in [9.17, 15) is 9.00 Å². The van der Waals surface area contributed by atoms with Gasteiger partial charge in [-0.25, -0.2) is 4.98 Å². The number of nitrogens with one attached hydrogen (secondary N) is 1. The van der Waals surface area contributed by atoms with E-state index in [1.165, 1.54) is 14.2 Å². The van der Waals surface area contributed by atoms with Gasteiger partial charge in [0.1, 0.15) is 17.3 Å². The fourth-order valence-corrected chi connectivity index (χ4v) is 3.35. The Morgan fingerprint density at radius 3 is 2.48 bits per heavy atom. The minimum Gasteiger partial charge on any atom is -0.497 e. The molecule has 148 valence electrons. The zero-order valence-electron chi connectivity index (χ0n) is 15.8. The largest absolute Gasteiger partial charge is 0.497 e. The Kier molecular flexibility index (Phi) is 7.96. The van der Waals surface area contributed by atoms with Crippen LogP contribution in [0.2, 0.25) is 0 Å². The third kappa shape index (κ3) is 6.16. The van der Waals surface area contributed by atoms with Crippen molar-refractivity contribution in [2.24, 2.45) is 0 Å². The number of hydrogen-bond donors (Lipinski definition) is 1. The Hall–Kier alpha value is -2.23. The highest BCUT2D eigenvalue weighted by Crippen LogP contribution is 2.24. The summed E-state index contributed by atoms with van der Waals surface area (Å²) in [7, 11) is 3.14. The average molecular weight is 396 g/mol. The zero-order chi connectivity index (χ0) is 19.8. The summed E-state index contributed by atoms with van der Waals surface area (Å²) in [5.74, 6) is 1.41. The maximum Gasteiger partial charge on any atom is 0.232 e. The van der Waals surface area contributed by atoms with Crippen molar-refractivity contribution in [2.75, 3.05) is 33.6 Å². The molecule has 1 aromatic heterocycles. The highest BCUT2D eigenvalue weighted by molar-refractivity contribution is 7.84. The highest BCUT2D eigenvalue weighted by Gasteiger charge is 2.17. The summed E-state index contributed by atoms with van der Waals surface area (Å²) in [6, 6.07) is 7.29. The molecule has 1 aromatic carbocycles. The topological polar surface area (TPSA) is 99.9 Å². The molecule has 0 radical (unpaired) electrons. The van der Waals surface area contributed by atoms with E-state index >= 15 is 0 Å². The lowest BCUT2D eigenvalue weighted by atomic mass is 10.2. The molecule has 0 bridgehead atoms. The number of oxazole rings is 1. The third-order valence-electron chi connectivity index (χ3n) is 3.81. The van der Waals surface area contributed by atoms with Crippen LogP contribution in [0.3, 0.4) is 0 Å². The molecular weight excluding hydrogens is 372 g/mol. The van der Waals surface area contributed by atoms with E-state index in [0.717, 1.165) is 11.3 Å². The first-order chi connectivity index (χ1) is 13.0. The summed E-state index contributed by atoms with van der Waals surface area (Å²) >= 11 is 0. The van der Waals surface area contributed by atoms with Gasteiger partial charge in [0.2, 0.25) is 11.8 Å². The molecule has 0 aliphatic rings. The molecule has 0 aliphatic heterocycles. The van der Waals surface area contributed by atoms with Gasteiger partial charge >= 0.3 is 0 Å². The Morgan fingerprint density at radius 2 is 1.89 bits per heavy atom. The molecule has 0 spiro atoms. The van der Waals surface area contributed by atoms with Crippen molar-refractivity contribution >= 4 is 16.7 Å². The Morgan fingerprint density at radius 1 is 1.22 bits per heavy atom. The number of benzene rings is 1. The lowest BCUT2D eigenvalue weighted by Crippen LogP contribution is -2.36. The van der Waals surface area contributed by atoms with Crippen molar-refractivity contribution in [2.45, 2.75) is 19.0 Å². The number of carbonyl (C=O) groups is 1. The van der Waals surface area contributed by atoms with E-state index in [2.05, 4.69) is 10.3 Å². The molecule has 0 fully saturated rings. The molecular formula is C18H24N2O6S. The van der Waals surface area contributed by atoms with Crippen LogP contribution < -0.4 is 10.1 Å². The monoisotopic (exact) mass is 396 g/mol. The van der Waals surface area contributed by atoms with Gasteiger partial charge in [0.25, 0.3) is 0 Å². The predicted molar refractivity (Wildman–Crippen MR) is 101 cm³/mol. The standard InChI is InChI=1S/C18H24N2O6S/c1-12-15(10-27(22)11-16(21)19-9-17(24-3)25-4)20-18(26-12)13-5-7-14(23-2)8-6-13/h5-8,17H,9-11H2,1-4H3,(H,19,21)/t27-/m1/s1. The van der Waals surface area contributed by atoms with Crippen molar-refractivity contribution in [3.8, 4) is 17.2 Å². The van der Waals surface area contributed by atoms with Gasteiger partial charge in [0, 0.05) is 30.6 Å².